The van der Waals surface area contributed by atoms with E-state index in [2.05, 4.69) is 14.8 Å². The molecule has 0 saturated carbocycles. The quantitative estimate of drug-likeness (QED) is 0.603. The molecule has 0 atom stereocenters. The molecular weight excluding hydrogens is 444 g/mol. The molecule has 1 aromatic heterocycles. The lowest BCUT2D eigenvalue weighted by Gasteiger charge is -2.38. The Hall–Kier alpha value is -2.72. The van der Waals surface area contributed by atoms with Crippen molar-refractivity contribution in [2.24, 2.45) is 0 Å². The van der Waals surface area contributed by atoms with Crippen LogP contribution in [0.1, 0.15) is 19.3 Å². The standard InChI is InChI=1S/C23H32N4O5S/c1-30-20-15-18(16-21(31-2)23(20)32-3)25-11-13-26(14-12-25)19-7-8-24-17-22(19)33(28,29)27-9-5-4-6-10-27/h7-8,15-17H,4-6,9-14H2,1-3H3. The predicted molar refractivity (Wildman–Crippen MR) is 127 cm³/mol. The molecule has 33 heavy (non-hydrogen) atoms. The molecule has 2 aromatic rings. The third kappa shape index (κ3) is 4.67. The van der Waals surface area contributed by atoms with Crippen LogP contribution in [0.15, 0.2) is 35.5 Å². The van der Waals surface area contributed by atoms with Crippen LogP contribution in [0.2, 0.25) is 0 Å². The zero-order valence-electron chi connectivity index (χ0n) is 19.5. The van der Waals surface area contributed by atoms with E-state index in [-0.39, 0.29) is 0 Å². The lowest BCUT2D eigenvalue weighted by atomic mass is 10.2. The Morgan fingerprint density at radius 2 is 1.42 bits per heavy atom. The van der Waals surface area contributed by atoms with E-state index in [0.717, 1.165) is 43.7 Å². The number of rotatable bonds is 7. The first-order valence-electron chi connectivity index (χ1n) is 11.2. The Labute approximate surface area is 195 Å². The second-order valence-electron chi connectivity index (χ2n) is 8.17. The summed E-state index contributed by atoms with van der Waals surface area (Å²) >= 11 is 0. The molecule has 4 rings (SSSR count). The molecule has 0 spiro atoms. The van der Waals surface area contributed by atoms with E-state index in [1.807, 2.05) is 18.2 Å². The number of aromatic nitrogens is 1. The molecule has 1 aromatic carbocycles. The van der Waals surface area contributed by atoms with Crippen LogP contribution in [0.3, 0.4) is 0 Å². The van der Waals surface area contributed by atoms with Crippen LogP contribution in [0.4, 0.5) is 11.4 Å². The van der Waals surface area contributed by atoms with E-state index >= 15 is 0 Å². The fourth-order valence-corrected chi connectivity index (χ4v) is 6.20. The summed E-state index contributed by atoms with van der Waals surface area (Å²) in [7, 11) is 1.23. The molecule has 180 valence electrons. The molecule has 0 bridgehead atoms. The lowest BCUT2D eigenvalue weighted by molar-refractivity contribution is 0.324. The average Bonchev–Trinajstić information content (AvgIpc) is 2.88. The van der Waals surface area contributed by atoms with Gasteiger partial charge in [-0.25, -0.2) is 8.42 Å². The van der Waals surface area contributed by atoms with Crippen molar-refractivity contribution in [3.63, 3.8) is 0 Å². The summed E-state index contributed by atoms with van der Waals surface area (Å²) < 4.78 is 44.7. The Morgan fingerprint density at radius 3 is 2.00 bits per heavy atom. The number of pyridine rings is 1. The fourth-order valence-electron chi connectivity index (χ4n) is 4.53. The van der Waals surface area contributed by atoms with Crippen molar-refractivity contribution in [2.45, 2.75) is 24.2 Å². The molecule has 9 nitrogen and oxygen atoms in total. The van der Waals surface area contributed by atoms with E-state index in [4.69, 9.17) is 14.2 Å². The number of piperazine rings is 1. The average molecular weight is 477 g/mol. The smallest absolute Gasteiger partial charge is 0.246 e. The number of hydrogen-bond acceptors (Lipinski definition) is 8. The molecular formula is C23H32N4O5S. The van der Waals surface area contributed by atoms with Gasteiger partial charge in [0.15, 0.2) is 11.5 Å². The topological polar surface area (TPSA) is 84.4 Å². The third-order valence-corrected chi connectivity index (χ3v) is 8.25. The summed E-state index contributed by atoms with van der Waals surface area (Å²) in [5, 5.41) is 0. The van der Waals surface area contributed by atoms with Crippen molar-refractivity contribution in [3.05, 3.63) is 30.6 Å². The second-order valence-corrected chi connectivity index (χ2v) is 10.1. The maximum absolute atomic E-state index is 13.3. The van der Waals surface area contributed by atoms with Crippen molar-refractivity contribution in [3.8, 4) is 17.2 Å². The van der Waals surface area contributed by atoms with Gasteiger partial charge in [0, 0.05) is 69.5 Å². The van der Waals surface area contributed by atoms with Gasteiger partial charge in [0.05, 0.1) is 27.0 Å². The van der Waals surface area contributed by atoms with Crippen LogP contribution in [-0.2, 0) is 10.0 Å². The number of piperidine rings is 1. The van der Waals surface area contributed by atoms with Crippen LogP contribution < -0.4 is 24.0 Å². The van der Waals surface area contributed by atoms with Crippen LogP contribution >= 0.6 is 0 Å². The summed E-state index contributed by atoms with van der Waals surface area (Å²) in [6.45, 7) is 3.97. The van der Waals surface area contributed by atoms with Crippen molar-refractivity contribution in [1.29, 1.82) is 0 Å². The van der Waals surface area contributed by atoms with Crippen molar-refractivity contribution in [1.82, 2.24) is 9.29 Å². The van der Waals surface area contributed by atoms with Gasteiger partial charge >= 0.3 is 0 Å². The summed E-state index contributed by atoms with van der Waals surface area (Å²) in [6.07, 6.45) is 6.04. The summed E-state index contributed by atoms with van der Waals surface area (Å²) in [4.78, 5) is 8.80. The number of methoxy groups -OCH3 is 3. The van der Waals surface area contributed by atoms with E-state index in [0.29, 0.717) is 48.3 Å². The number of nitrogens with zero attached hydrogens (tertiary/aromatic N) is 4. The third-order valence-electron chi connectivity index (χ3n) is 6.33. The van der Waals surface area contributed by atoms with Crippen LogP contribution in [0, 0.1) is 0 Å². The van der Waals surface area contributed by atoms with E-state index in [1.165, 1.54) is 6.20 Å². The molecule has 0 aliphatic carbocycles. The van der Waals surface area contributed by atoms with Gasteiger partial charge in [-0.15, -0.1) is 0 Å². The highest BCUT2D eigenvalue weighted by Crippen LogP contribution is 2.41. The number of ether oxygens (including phenoxy) is 3. The first-order chi connectivity index (χ1) is 16.0. The molecule has 2 aliphatic heterocycles. The minimum atomic E-state index is -3.56. The first kappa shape index (κ1) is 23.4. The van der Waals surface area contributed by atoms with E-state index in [1.54, 1.807) is 31.8 Å². The summed E-state index contributed by atoms with van der Waals surface area (Å²) in [5.41, 5.74) is 1.69. The van der Waals surface area contributed by atoms with Gasteiger partial charge in [-0.3, -0.25) is 4.98 Å². The van der Waals surface area contributed by atoms with Crippen molar-refractivity contribution < 1.29 is 22.6 Å². The highest BCUT2D eigenvalue weighted by molar-refractivity contribution is 7.89. The predicted octanol–water partition coefficient (Wildman–Crippen LogP) is 2.61. The summed E-state index contributed by atoms with van der Waals surface area (Å²) in [5.74, 6) is 1.78. The number of benzene rings is 1. The van der Waals surface area contributed by atoms with Gasteiger partial charge in [-0.05, 0) is 18.9 Å². The summed E-state index contributed by atoms with van der Waals surface area (Å²) in [6, 6.07) is 5.69. The fraction of sp³-hybridized carbons (Fsp3) is 0.522. The molecule has 3 heterocycles. The SMILES string of the molecule is COc1cc(N2CCN(c3ccncc3S(=O)(=O)N3CCCCC3)CC2)cc(OC)c1OC. The maximum Gasteiger partial charge on any atom is 0.246 e. The molecule has 0 N–H and O–H groups in total. The molecule has 10 heteroatoms. The van der Waals surface area contributed by atoms with Crippen molar-refractivity contribution in [2.75, 3.05) is 70.4 Å². The zero-order chi connectivity index (χ0) is 23.4. The van der Waals surface area contributed by atoms with Gasteiger partial charge in [0.1, 0.15) is 4.90 Å². The van der Waals surface area contributed by atoms with Gasteiger partial charge in [0.25, 0.3) is 0 Å². The Kier molecular flexibility index (Phi) is 7.14. The van der Waals surface area contributed by atoms with Crippen LogP contribution in [0.25, 0.3) is 0 Å². The highest BCUT2D eigenvalue weighted by atomic mass is 32.2. The highest BCUT2D eigenvalue weighted by Gasteiger charge is 2.31. The van der Waals surface area contributed by atoms with Gasteiger partial charge in [-0.1, -0.05) is 6.42 Å². The molecule has 2 aliphatic rings. The van der Waals surface area contributed by atoms with Gasteiger partial charge < -0.3 is 24.0 Å². The van der Waals surface area contributed by atoms with Crippen LogP contribution in [-0.4, -0.2) is 78.3 Å². The number of hydrogen-bond donors (Lipinski definition) is 0. The molecule has 0 radical (unpaired) electrons. The monoisotopic (exact) mass is 476 g/mol. The largest absolute Gasteiger partial charge is 0.493 e. The molecule has 2 fully saturated rings. The number of sulfonamides is 1. The minimum Gasteiger partial charge on any atom is -0.493 e. The molecule has 2 saturated heterocycles. The Balaban J connectivity index is 1.54. The lowest BCUT2D eigenvalue weighted by Crippen LogP contribution is -2.47. The van der Waals surface area contributed by atoms with E-state index < -0.39 is 10.0 Å². The second kappa shape index (κ2) is 10.0. The normalized spacial score (nSPS) is 17.7. The van der Waals surface area contributed by atoms with Crippen molar-refractivity contribution >= 4 is 21.4 Å². The first-order valence-corrected chi connectivity index (χ1v) is 12.7. The number of anilines is 2. The van der Waals surface area contributed by atoms with Gasteiger partial charge in [-0.2, -0.15) is 4.31 Å². The Bertz CT molecular complexity index is 1040. The molecule has 0 amide bonds. The molecule has 0 unspecified atom stereocenters. The maximum atomic E-state index is 13.3. The zero-order valence-corrected chi connectivity index (χ0v) is 20.3. The van der Waals surface area contributed by atoms with E-state index in [9.17, 15) is 8.42 Å². The Morgan fingerprint density at radius 1 is 0.818 bits per heavy atom. The minimum absolute atomic E-state index is 0.299. The van der Waals surface area contributed by atoms with Gasteiger partial charge in [0.2, 0.25) is 15.8 Å². The van der Waals surface area contributed by atoms with Crippen LogP contribution in [0.5, 0.6) is 17.2 Å².